The average molecular weight is 490 g/mol. The van der Waals surface area contributed by atoms with Crippen LogP contribution in [0.3, 0.4) is 0 Å². The summed E-state index contributed by atoms with van der Waals surface area (Å²) >= 11 is 18.4. The van der Waals surface area contributed by atoms with Crippen LogP contribution < -0.4 is 10.1 Å². The Kier molecular flexibility index (Phi) is 7.59. The van der Waals surface area contributed by atoms with Gasteiger partial charge in [0.05, 0.1) is 21.7 Å². The standard InChI is InChI=1S/C25H23Cl3N2O2/c26-19-9-11-24(32-20-6-2-1-3-7-20)23(14-19)29-25(31)18-5-4-12-30(16-18)15-17-8-10-21(27)22(28)13-17/h1-3,6-11,13-14,18H,4-5,12,15-16H2,(H,29,31). The van der Waals surface area contributed by atoms with Crippen LogP contribution in [0.4, 0.5) is 5.69 Å². The highest BCUT2D eigenvalue weighted by Gasteiger charge is 2.26. The number of hydrogen-bond donors (Lipinski definition) is 1. The third-order valence-electron chi connectivity index (χ3n) is 5.44. The largest absolute Gasteiger partial charge is 0.455 e. The molecule has 7 heteroatoms. The van der Waals surface area contributed by atoms with E-state index in [4.69, 9.17) is 39.5 Å². The van der Waals surface area contributed by atoms with Crippen LogP contribution in [0, 0.1) is 5.92 Å². The first kappa shape index (κ1) is 22.9. The van der Waals surface area contributed by atoms with Crippen LogP contribution in [0.15, 0.2) is 66.7 Å². The molecule has 1 unspecified atom stereocenters. The summed E-state index contributed by atoms with van der Waals surface area (Å²) in [7, 11) is 0. The topological polar surface area (TPSA) is 41.6 Å². The number of likely N-dealkylation sites (tertiary alicyclic amines) is 1. The summed E-state index contributed by atoms with van der Waals surface area (Å²) in [6, 6.07) is 20.3. The zero-order valence-electron chi connectivity index (χ0n) is 17.4. The van der Waals surface area contributed by atoms with E-state index >= 15 is 0 Å². The van der Waals surface area contributed by atoms with Crippen molar-refractivity contribution in [1.82, 2.24) is 4.90 Å². The minimum atomic E-state index is -0.130. The van der Waals surface area contributed by atoms with E-state index in [0.717, 1.165) is 31.5 Å². The number of amides is 1. The van der Waals surface area contributed by atoms with Gasteiger partial charge >= 0.3 is 0 Å². The number of carbonyl (C=O) groups excluding carboxylic acids is 1. The molecule has 3 aromatic carbocycles. The lowest BCUT2D eigenvalue weighted by atomic mass is 9.96. The van der Waals surface area contributed by atoms with Gasteiger partial charge in [0.25, 0.3) is 0 Å². The number of hydrogen-bond acceptors (Lipinski definition) is 3. The van der Waals surface area contributed by atoms with E-state index in [2.05, 4.69) is 10.2 Å². The Balaban J connectivity index is 1.43. The van der Waals surface area contributed by atoms with Crippen LogP contribution in [0.5, 0.6) is 11.5 Å². The lowest BCUT2D eigenvalue weighted by molar-refractivity contribution is -0.121. The van der Waals surface area contributed by atoms with Crippen molar-refractivity contribution in [3.8, 4) is 11.5 Å². The Hall–Kier alpha value is -2.24. The van der Waals surface area contributed by atoms with Gasteiger partial charge in [0.15, 0.2) is 5.75 Å². The second-order valence-corrected chi connectivity index (χ2v) is 9.12. The molecule has 3 aromatic rings. The van der Waals surface area contributed by atoms with E-state index in [-0.39, 0.29) is 11.8 Å². The Morgan fingerprint density at radius 2 is 1.81 bits per heavy atom. The van der Waals surface area contributed by atoms with Crippen molar-refractivity contribution in [3.63, 3.8) is 0 Å². The molecule has 166 valence electrons. The zero-order valence-corrected chi connectivity index (χ0v) is 19.6. The van der Waals surface area contributed by atoms with Gasteiger partial charge in [-0.25, -0.2) is 0 Å². The third-order valence-corrected chi connectivity index (χ3v) is 6.41. The number of anilines is 1. The molecule has 4 rings (SSSR count). The molecule has 0 aliphatic carbocycles. The van der Waals surface area contributed by atoms with Gasteiger partial charge < -0.3 is 10.1 Å². The quantitative estimate of drug-likeness (QED) is 0.395. The Morgan fingerprint density at radius 1 is 1.00 bits per heavy atom. The molecule has 1 N–H and O–H groups in total. The molecule has 0 saturated carbocycles. The summed E-state index contributed by atoms with van der Waals surface area (Å²) in [5.41, 5.74) is 1.64. The van der Waals surface area contributed by atoms with Crippen molar-refractivity contribution in [1.29, 1.82) is 0 Å². The molecule has 1 heterocycles. The van der Waals surface area contributed by atoms with Gasteiger partial charge in [-0.2, -0.15) is 0 Å². The van der Waals surface area contributed by atoms with Crippen LogP contribution in [0.2, 0.25) is 15.1 Å². The first-order valence-electron chi connectivity index (χ1n) is 10.5. The molecule has 1 amide bonds. The van der Waals surface area contributed by atoms with Crippen molar-refractivity contribution < 1.29 is 9.53 Å². The maximum absolute atomic E-state index is 13.1. The first-order chi connectivity index (χ1) is 15.5. The normalized spacial score (nSPS) is 16.5. The van der Waals surface area contributed by atoms with Crippen LogP contribution in [0.1, 0.15) is 18.4 Å². The minimum absolute atomic E-state index is 0.0379. The number of halogens is 3. The van der Waals surface area contributed by atoms with Crippen molar-refractivity contribution in [2.24, 2.45) is 5.92 Å². The summed E-state index contributed by atoms with van der Waals surface area (Å²) in [5.74, 6) is 1.08. The molecule has 1 atom stereocenters. The van der Waals surface area contributed by atoms with E-state index < -0.39 is 0 Å². The predicted octanol–water partition coefficient (Wildman–Crippen LogP) is 7.29. The van der Waals surface area contributed by atoms with Gasteiger partial charge in [-0.1, -0.05) is 59.1 Å². The number of carbonyl (C=O) groups is 1. The monoisotopic (exact) mass is 488 g/mol. The van der Waals surface area contributed by atoms with E-state index in [9.17, 15) is 4.79 Å². The smallest absolute Gasteiger partial charge is 0.228 e. The van der Waals surface area contributed by atoms with Gasteiger partial charge in [0.1, 0.15) is 5.75 Å². The predicted molar refractivity (Wildman–Crippen MR) is 131 cm³/mol. The van der Waals surface area contributed by atoms with Crippen molar-refractivity contribution >= 4 is 46.4 Å². The molecule has 1 fully saturated rings. The molecule has 1 saturated heterocycles. The second-order valence-electron chi connectivity index (χ2n) is 7.87. The van der Waals surface area contributed by atoms with Crippen LogP contribution in [0.25, 0.3) is 0 Å². The Morgan fingerprint density at radius 3 is 2.59 bits per heavy atom. The molecule has 0 bridgehead atoms. The summed E-state index contributed by atoms with van der Waals surface area (Å²) in [6.45, 7) is 2.32. The molecule has 1 aliphatic rings. The maximum atomic E-state index is 13.1. The van der Waals surface area contributed by atoms with Gasteiger partial charge in [0, 0.05) is 18.1 Å². The summed E-state index contributed by atoms with van der Waals surface area (Å²) < 4.78 is 5.97. The Labute approximate surface area is 203 Å². The van der Waals surface area contributed by atoms with Crippen LogP contribution in [-0.2, 0) is 11.3 Å². The molecule has 0 spiro atoms. The fourth-order valence-corrected chi connectivity index (χ4v) is 4.34. The number of ether oxygens (including phenoxy) is 1. The number of benzene rings is 3. The summed E-state index contributed by atoms with van der Waals surface area (Å²) in [6.07, 6.45) is 1.78. The molecule has 32 heavy (non-hydrogen) atoms. The zero-order chi connectivity index (χ0) is 22.5. The number of nitrogens with zero attached hydrogens (tertiary/aromatic N) is 1. The molecule has 4 nitrogen and oxygen atoms in total. The minimum Gasteiger partial charge on any atom is -0.455 e. The number of piperidine rings is 1. The van der Waals surface area contributed by atoms with Crippen molar-refractivity contribution in [2.75, 3.05) is 18.4 Å². The summed E-state index contributed by atoms with van der Waals surface area (Å²) in [5, 5.41) is 4.65. The van der Waals surface area contributed by atoms with Crippen LogP contribution in [-0.4, -0.2) is 23.9 Å². The molecular formula is C25H23Cl3N2O2. The fraction of sp³-hybridized carbons (Fsp3) is 0.240. The molecular weight excluding hydrogens is 467 g/mol. The highest BCUT2D eigenvalue weighted by Crippen LogP contribution is 2.33. The van der Waals surface area contributed by atoms with Crippen LogP contribution >= 0.6 is 34.8 Å². The third kappa shape index (κ3) is 5.96. The summed E-state index contributed by atoms with van der Waals surface area (Å²) in [4.78, 5) is 15.4. The molecule has 0 aromatic heterocycles. The van der Waals surface area contributed by atoms with Gasteiger partial charge in [-0.3, -0.25) is 9.69 Å². The van der Waals surface area contributed by atoms with E-state index in [1.807, 2.05) is 42.5 Å². The van der Waals surface area contributed by atoms with Gasteiger partial charge in [-0.05, 0) is 67.4 Å². The average Bonchev–Trinajstić information content (AvgIpc) is 2.79. The lowest BCUT2D eigenvalue weighted by Gasteiger charge is -2.32. The lowest BCUT2D eigenvalue weighted by Crippen LogP contribution is -2.40. The SMILES string of the molecule is O=C(Nc1cc(Cl)ccc1Oc1ccccc1)C1CCCN(Cc2ccc(Cl)c(Cl)c2)C1. The van der Waals surface area contributed by atoms with Gasteiger partial charge in [-0.15, -0.1) is 0 Å². The molecule has 0 radical (unpaired) electrons. The maximum Gasteiger partial charge on any atom is 0.228 e. The second kappa shape index (κ2) is 10.6. The fourth-order valence-electron chi connectivity index (χ4n) is 3.85. The van der Waals surface area contributed by atoms with E-state index in [1.54, 1.807) is 24.3 Å². The molecule has 1 aliphatic heterocycles. The van der Waals surface area contributed by atoms with E-state index in [1.165, 1.54) is 0 Å². The number of para-hydroxylation sites is 1. The highest BCUT2D eigenvalue weighted by atomic mass is 35.5. The highest BCUT2D eigenvalue weighted by molar-refractivity contribution is 6.42. The number of nitrogens with one attached hydrogen (secondary N) is 1. The van der Waals surface area contributed by atoms with Gasteiger partial charge in [0.2, 0.25) is 5.91 Å². The van der Waals surface area contributed by atoms with E-state index in [0.29, 0.717) is 38.8 Å². The van der Waals surface area contributed by atoms with Crippen molar-refractivity contribution in [2.45, 2.75) is 19.4 Å². The Bertz CT molecular complexity index is 1090. The van der Waals surface area contributed by atoms with Crippen molar-refractivity contribution in [3.05, 3.63) is 87.4 Å². The number of rotatable bonds is 6. The first-order valence-corrected chi connectivity index (χ1v) is 11.6.